The average molecular weight is 347 g/mol. The number of benzene rings is 2. The normalized spacial score (nSPS) is 17.1. The predicted molar refractivity (Wildman–Crippen MR) is 93.8 cm³/mol. The Morgan fingerprint density at radius 3 is 2.52 bits per heavy atom. The molecule has 0 aromatic heterocycles. The molecule has 1 aliphatic rings. The van der Waals surface area contributed by atoms with E-state index in [1.165, 1.54) is 0 Å². The number of carbonyl (C=O) groups is 2. The highest BCUT2D eigenvalue weighted by atomic mass is 35.5. The smallest absolute Gasteiger partial charge is 0.255 e. The zero-order chi connectivity index (χ0) is 16.2. The van der Waals surface area contributed by atoms with Gasteiger partial charge in [-0.25, -0.2) is 0 Å². The van der Waals surface area contributed by atoms with E-state index in [1.54, 1.807) is 53.1 Å². The first-order chi connectivity index (χ1) is 11.2. The highest BCUT2D eigenvalue weighted by Gasteiger charge is 2.35. The molecule has 1 fully saturated rings. The fraction of sp³-hybridized carbons (Fsp3) is 0.176. The zero-order valence-electron chi connectivity index (χ0n) is 12.2. The molecule has 1 aliphatic heterocycles. The largest absolute Gasteiger partial charge is 0.323 e. The summed E-state index contributed by atoms with van der Waals surface area (Å²) < 4.78 is 0. The Balaban J connectivity index is 1.75. The lowest BCUT2D eigenvalue weighted by atomic mass is 10.1. The minimum atomic E-state index is -0.496. The monoisotopic (exact) mass is 346 g/mol. The van der Waals surface area contributed by atoms with Crippen molar-refractivity contribution >= 4 is 40.9 Å². The van der Waals surface area contributed by atoms with Crippen molar-refractivity contribution in [2.45, 2.75) is 6.04 Å². The van der Waals surface area contributed by atoms with Crippen molar-refractivity contribution in [2.24, 2.45) is 0 Å². The first-order valence-corrected chi connectivity index (χ1v) is 8.69. The van der Waals surface area contributed by atoms with Gasteiger partial charge in [-0.05, 0) is 24.3 Å². The van der Waals surface area contributed by atoms with Crippen molar-refractivity contribution in [3.05, 3.63) is 65.2 Å². The fourth-order valence-electron chi connectivity index (χ4n) is 2.39. The van der Waals surface area contributed by atoms with Crippen LogP contribution in [0, 0.1) is 0 Å². The Kier molecular flexibility index (Phi) is 4.88. The van der Waals surface area contributed by atoms with Gasteiger partial charge in [-0.1, -0.05) is 41.9 Å². The van der Waals surface area contributed by atoms with Gasteiger partial charge in [0.15, 0.2) is 0 Å². The minimum absolute atomic E-state index is 0.130. The van der Waals surface area contributed by atoms with Gasteiger partial charge in [-0.3, -0.25) is 9.59 Å². The molecule has 23 heavy (non-hydrogen) atoms. The summed E-state index contributed by atoms with van der Waals surface area (Å²) in [5.74, 6) is 0.741. The lowest BCUT2D eigenvalue weighted by Crippen LogP contribution is -2.44. The van der Waals surface area contributed by atoms with Crippen molar-refractivity contribution < 1.29 is 9.59 Å². The van der Waals surface area contributed by atoms with Crippen LogP contribution in [0.4, 0.5) is 5.69 Å². The molecular weight excluding hydrogens is 332 g/mol. The van der Waals surface area contributed by atoms with Crippen LogP contribution in [0.5, 0.6) is 0 Å². The number of halogens is 1. The topological polar surface area (TPSA) is 49.4 Å². The lowest BCUT2D eigenvalue weighted by molar-refractivity contribution is -0.119. The number of carbonyl (C=O) groups excluding carboxylic acids is 2. The summed E-state index contributed by atoms with van der Waals surface area (Å²) >= 11 is 7.64. The van der Waals surface area contributed by atoms with Gasteiger partial charge >= 0.3 is 0 Å². The molecule has 0 aliphatic carbocycles. The van der Waals surface area contributed by atoms with Crippen LogP contribution in [0.15, 0.2) is 54.6 Å². The molecule has 1 N–H and O–H groups in total. The van der Waals surface area contributed by atoms with Crippen LogP contribution in [-0.4, -0.2) is 34.4 Å². The summed E-state index contributed by atoms with van der Waals surface area (Å²) in [5, 5.41) is 3.29. The van der Waals surface area contributed by atoms with E-state index in [-0.39, 0.29) is 11.8 Å². The van der Waals surface area contributed by atoms with Crippen LogP contribution in [0.2, 0.25) is 5.02 Å². The molecule has 0 spiro atoms. The molecule has 1 heterocycles. The van der Waals surface area contributed by atoms with Gasteiger partial charge in [0, 0.05) is 11.3 Å². The molecular formula is C17H15ClN2O2S. The maximum Gasteiger partial charge on any atom is 0.255 e. The number of amides is 2. The summed E-state index contributed by atoms with van der Waals surface area (Å²) in [6, 6.07) is 15.6. The van der Waals surface area contributed by atoms with Gasteiger partial charge in [0.1, 0.15) is 6.04 Å². The van der Waals surface area contributed by atoms with E-state index in [0.717, 1.165) is 0 Å². The van der Waals surface area contributed by atoms with Gasteiger partial charge in [0.25, 0.3) is 5.91 Å². The Morgan fingerprint density at radius 1 is 1.09 bits per heavy atom. The van der Waals surface area contributed by atoms with Crippen LogP contribution in [-0.2, 0) is 4.79 Å². The second kappa shape index (κ2) is 7.06. The molecule has 4 nitrogen and oxygen atoms in total. The molecule has 0 radical (unpaired) electrons. The number of rotatable bonds is 3. The molecule has 0 bridgehead atoms. The van der Waals surface area contributed by atoms with Gasteiger partial charge < -0.3 is 10.2 Å². The Bertz CT molecular complexity index is 724. The molecule has 1 unspecified atom stereocenters. The second-order valence-electron chi connectivity index (χ2n) is 5.13. The molecule has 2 aromatic rings. The van der Waals surface area contributed by atoms with Crippen LogP contribution >= 0.6 is 23.4 Å². The Hall–Kier alpha value is -1.98. The number of anilines is 1. The standard InChI is InChI=1S/C17H15ClN2O2S/c18-13-8-4-5-9-14(13)19-16(21)15-10-23-11-20(15)17(22)12-6-2-1-3-7-12/h1-9,15H,10-11H2,(H,19,21). The molecule has 3 rings (SSSR count). The van der Waals surface area contributed by atoms with Crippen molar-refractivity contribution in [1.29, 1.82) is 0 Å². The number of hydrogen-bond donors (Lipinski definition) is 1. The van der Waals surface area contributed by atoms with Crippen LogP contribution in [0.25, 0.3) is 0 Å². The SMILES string of the molecule is O=C(Nc1ccccc1Cl)C1CSCN1C(=O)c1ccccc1. The van der Waals surface area contributed by atoms with Crippen LogP contribution in [0.3, 0.4) is 0 Å². The van der Waals surface area contributed by atoms with Crippen molar-refractivity contribution in [1.82, 2.24) is 4.90 Å². The molecule has 1 atom stereocenters. The minimum Gasteiger partial charge on any atom is -0.323 e. The summed E-state index contributed by atoms with van der Waals surface area (Å²) in [7, 11) is 0. The summed E-state index contributed by atoms with van der Waals surface area (Å²) in [5.41, 5.74) is 1.15. The van der Waals surface area contributed by atoms with E-state index in [1.807, 2.05) is 18.2 Å². The number of nitrogens with one attached hydrogen (secondary N) is 1. The van der Waals surface area contributed by atoms with E-state index >= 15 is 0 Å². The van der Waals surface area contributed by atoms with Crippen molar-refractivity contribution in [2.75, 3.05) is 16.9 Å². The molecule has 118 valence electrons. The van der Waals surface area contributed by atoms with Crippen LogP contribution in [0.1, 0.15) is 10.4 Å². The predicted octanol–water partition coefficient (Wildman–Crippen LogP) is 3.49. The van der Waals surface area contributed by atoms with E-state index in [9.17, 15) is 9.59 Å². The second-order valence-corrected chi connectivity index (χ2v) is 6.53. The third-order valence-electron chi connectivity index (χ3n) is 3.60. The first-order valence-electron chi connectivity index (χ1n) is 7.16. The van der Waals surface area contributed by atoms with Gasteiger partial charge in [-0.15, -0.1) is 11.8 Å². The quantitative estimate of drug-likeness (QED) is 0.925. The number of para-hydroxylation sites is 1. The maximum atomic E-state index is 12.6. The fourth-order valence-corrected chi connectivity index (χ4v) is 3.72. The molecule has 2 amide bonds. The number of nitrogens with zero attached hydrogens (tertiary/aromatic N) is 1. The molecule has 0 saturated carbocycles. The van der Waals surface area contributed by atoms with Gasteiger partial charge in [-0.2, -0.15) is 0 Å². The van der Waals surface area contributed by atoms with Gasteiger partial charge in [0.2, 0.25) is 5.91 Å². The number of hydrogen-bond acceptors (Lipinski definition) is 3. The van der Waals surface area contributed by atoms with E-state index in [2.05, 4.69) is 5.32 Å². The van der Waals surface area contributed by atoms with Crippen LogP contribution < -0.4 is 5.32 Å². The van der Waals surface area contributed by atoms with E-state index in [4.69, 9.17) is 11.6 Å². The van der Waals surface area contributed by atoms with Gasteiger partial charge in [0.05, 0.1) is 16.6 Å². The van der Waals surface area contributed by atoms with Crippen molar-refractivity contribution in [3.8, 4) is 0 Å². The molecule has 6 heteroatoms. The average Bonchev–Trinajstić information content (AvgIpc) is 3.07. The zero-order valence-corrected chi connectivity index (χ0v) is 13.8. The van der Waals surface area contributed by atoms with E-state index in [0.29, 0.717) is 27.9 Å². The summed E-state index contributed by atoms with van der Waals surface area (Å²) in [4.78, 5) is 26.7. The highest BCUT2D eigenvalue weighted by Crippen LogP contribution is 2.26. The maximum absolute atomic E-state index is 12.6. The third-order valence-corrected chi connectivity index (χ3v) is 4.94. The third kappa shape index (κ3) is 3.51. The summed E-state index contributed by atoms with van der Waals surface area (Å²) in [6.07, 6.45) is 0. The first kappa shape index (κ1) is 15.9. The summed E-state index contributed by atoms with van der Waals surface area (Å²) in [6.45, 7) is 0. The highest BCUT2D eigenvalue weighted by molar-refractivity contribution is 7.99. The molecule has 2 aromatic carbocycles. The lowest BCUT2D eigenvalue weighted by Gasteiger charge is -2.23. The number of thioether (sulfide) groups is 1. The molecule has 1 saturated heterocycles. The van der Waals surface area contributed by atoms with E-state index < -0.39 is 6.04 Å². The Morgan fingerprint density at radius 2 is 1.78 bits per heavy atom. The Labute approximate surface area is 143 Å². The van der Waals surface area contributed by atoms with Crippen molar-refractivity contribution in [3.63, 3.8) is 0 Å².